The fourth-order valence-electron chi connectivity index (χ4n) is 1.56. The summed E-state index contributed by atoms with van der Waals surface area (Å²) in [7, 11) is -0.419. The summed E-state index contributed by atoms with van der Waals surface area (Å²) < 4.78 is 11.8. The fraction of sp³-hybridized carbons (Fsp3) is 0.636. The van der Waals surface area contributed by atoms with Crippen LogP contribution in [-0.2, 0) is 9.31 Å². The third-order valence-electron chi connectivity index (χ3n) is 3.27. The minimum absolute atomic E-state index is 0.330. The highest BCUT2D eigenvalue weighted by Crippen LogP contribution is 2.36. The zero-order valence-corrected chi connectivity index (χ0v) is 10.4. The Morgan fingerprint density at radius 3 is 2.12 bits per heavy atom. The lowest BCUT2D eigenvalue weighted by Gasteiger charge is -2.32. The van der Waals surface area contributed by atoms with Crippen LogP contribution >= 0.6 is 0 Å². The van der Waals surface area contributed by atoms with E-state index in [0.29, 0.717) is 0 Å². The molecule has 1 saturated heterocycles. The Bertz CT molecular complexity index is 391. The van der Waals surface area contributed by atoms with Gasteiger partial charge in [-0.25, -0.2) is 0 Å². The molecular formula is C11H17BN2O2. The van der Waals surface area contributed by atoms with Crippen molar-refractivity contribution in [2.24, 2.45) is 0 Å². The van der Waals surface area contributed by atoms with Crippen LogP contribution in [0, 0.1) is 6.92 Å². The van der Waals surface area contributed by atoms with Gasteiger partial charge in [0.05, 0.1) is 22.5 Å². The topological polar surface area (TPSA) is 44.2 Å². The molecule has 0 aromatic carbocycles. The molecule has 2 heterocycles. The summed E-state index contributed by atoms with van der Waals surface area (Å²) >= 11 is 0. The molecular weight excluding hydrogens is 203 g/mol. The second-order valence-corrected chi connectivity index (χ2v) is 5.17. The monoisotopic (exact) mass is 220 g/mol. The smallest absolute Gasteiger partial charge is 0.398 e. The van der Waals surface area contributed by atoms with Gasteiger partial charge in [0.2, 0.25) is 0 Å². The van der Waals surface area contributed by atoms with Gasteiger partial charge in [-0.15, -0.1) is 0 Å². The van der Waals surface area contributed by atoms with E-state index in [2.05, 4.69) is 9.97 Å². The summed E-state index contributed by atoms with van der Waals surface area (Å²) in [5, 5.41) is 0. The van der Waals surface area contributed by atoms with Crippen LogP contribution in [-0.4, -0.2) is 28.3 Å². The molecule has 1 aliphatic heterocycles. The standard InChI is InChI=1S/C11H17BN2O2/c1-8-6-13-7-9(14-8)12-15-10(2,3)11(4,5)16-12/h6-7H,1-5H3. The maximum atomic E-state index is 5.88. The molecule has 0 amide bonds. The van der Waals surface area contributed by atoms with Gasteiger partial charge in [-0.2, -0.15) is 0 Å². The van der Waals surface area contributed by atoms with Crippen LogP contribution in [0.2, 0.25) is 0 Å². The average Bonchev–Trinajstić information content (AvgIpc) is 2.36. The van der Waals surface area contributed by atoms with Gasteiger partial charge in [0.1, 0.15) is 0 Å². The van der Waals surface area contributed by atoms with Gasteiger partial charge >= 0.3 is 7.12 Å². The van der Waals surface area contributed by atoms with E-state index in [4.69, 9.17) is 9.31 Å². The minimum atomic E-state index is -0.419. The molecule has 0 N–H and O–H groups in total. The molecule has 0 unspecified atom stereocenters. The summed E-state index contributed by atoms with van der Waals surface area (Å²) in [5.41, 5.74) is 0.942. The summed E-state index contributed by atoms with van der Waals surface area (Å²) in [6.45, 7) is 10.0. The molecule has 0 atom stereocenters. The van der Waals surface area contributed by atoms with Crippen molar-refractivity contribution in [3.63, 3.8) is 0 Å². The van der Waals surface area contributed by atoms with Gasteiger partial charge in [0.25, 0.3) is 0 Å². The molecule has 2 rings (SSSR count). The van der Waals surface area contributed by atoms with E-state index in [0.717, 1.165) is 11.3 Å². The molecule has 1 aromatic heterocycles. The average molecular weight is 220 g/mol. The van der Waals surface area contributed by atoms with Crippen molar-refractivity contribution < 1.29 is 9.31 Å². The first kappa shape index (κ1) is 11.5. The van der Waals surface area contributed by atoms with E-state index < -0.39 is 7.12 Å². The number of rotatable bonds is 1. The van der Waals surface area contributed by atoms with Crippen molar-refractivity contribution in [1.82, 2.24) is 9.97 Å². The van der Waals surface area contributed by atoms with Gasteiger partial charge in [0, 0.05) is 12.4 Å². The highest BCUT2D eigenvalue weighted by Gasteiger charge is 2.52. The molecule has 0 spiro atoms. The van der Waals surface area contributed by atoms with Gasteiger partial charge in [-0.1, -0.05) is 0 Å². The molecule has 86 valence electrons. The van der Waals surface area contributed by atoms with Crippen molar-refractivity contribution >= 4 is 12.7 Å². The molecule has 5 heteroatoms. The molecule has 1 fully saturated rings. The Morgan fingerprint density at radius 1 is 1.06 bits per heavy atom. The third kappa shape index (κ3) is 1.85. The second-order valence-electron chi connectivity index (χ2n) is 5.17. The third-order valence-corrected chi connectivity index (χ3v) is 3.27. The fourth-order valence-corrected chi connectivity index (χ4v) is 1.56. The Hall–Kier alpha value is -0.935. The molecule has 0 radical (unpaired) electrons. The largest absolute Gasteiger partial charge is 0.516 e. The van der Waals surface area contributed by atoms with E-state index >= 15 is 0 Å². The molecule has 0 saturated carbocycles. The summed E-state index contributed by atoms with van der Waals surface area (Å²) in [4.78, 5) is 8.48. The molecule has 16 heavy (non-hydrogen) atoms. The highest BCUT2D eigenvalue weighted by molar-refractivity contribution is 6.61. The van der Waals surface area contributed by atoms with E-state index in [1.54, 1.807) is 12.4 Å². The summed E-state index contributed by atoms with van der Waals surface area (Å²) in [6, 6.07) is 0. The van der Waals surface area contributed by atoms with Crippen LogP contribution in [0.3, 0.4) is 0 Å². The number of aryl methyl sites for hydroxylation is 1. The quantitative estimate of drug-likeness (QED) is 0.664. The van der Waals surface area contributed by atoms with E-state index in [1.165, 1.54) is 0 Å². The van der Waals surface area contributed by atoms with Gasteiger partial charge in [-0.05, 0) is 34.6 Å². The SMILES string of the molecule is Cc1cncc(B2OC(C)(C)C(C)(C)O2)n1. The van der Waals surface area contributed by atoms with Crippen LogP contribution in [0.1, 0.15) is 33.4 Å². The van der Waals surface area contributed by atoms with Crippen LogP contribution in [0.5, 0.6) is 0 Å². The van der Waals surface area contributed by atoms with Crippen molar-refractivity contribution in [2.45, 2.75) is 45.8 Å². The number of hydrogen-bond acceptors (Lipinski definition) is 4. The predicted octanol–water partition coefficient (Wildman–Crippen LogP) is 1.08. The van der Waals surface area contributed by atoms with Crippen LogP contribution in [0.4, 0.5) is 0 Å². The van der Waals surface area contributed by atoms with Crippen molar-refractivity contribution in [3.05, 3.63) is 18.1 Å². The normalized spacial score (nSPS) is 22.4. The lowest BCUT2D eigenvalue weighted by molar-refractivity contribution is 0.00578. The number of nitrogens with zero attached hydrogens (tertiary/aromatic N) is 2. The van der Waals surface area contributed by atoms with Gasteiger partial charge in [0.15, 0.2) is 0 Å². The molecule has 4 nitrogen and oxygen atoms in total. The van der Waals surface area contributed by atoms with Crippen molar-refractivity contribution in [2.75, 3.05) is 0 Å². The second kappa shape index (κ2) is 3.53. The molecule has 0 bridgehead atoms. The van der Waals surface area contributed by atoms with E-state index in [-0.39, 0.29) is 11.2 Å². The summed E-state index contributed by atoms with van der Waals surface area (Å²) in [5.74, 6) is 0. The van der Waals surface area contributed by atoms with Crippen LogP contribution in [0.25, 0.3) is 0 Å². The summed E-state index contributed by atoms with van der Waals surface area (Å²) in [6.07, 6.45) is 3.41. The lowest BCUT2D eigenvalue weighted by atomic mass is 9.85. The van der Waals surface area contributed by atoms with Crippen molar-refractivity contribution in [1.29, 1.82) is 0 Å². The van der Waals surface area contributed by atoms with Gasteiger partial charge in [-0.3, -0.25) is 9.97 Å². The Morgan fingerprint density at radius 2 is 1.62 bits per heavy atom. The first-order valence-electron chi connectivity index (χ1n) is 5.46. The Balaban J connectivity index is 2.27. The maximum Gasteiger partial charge on any atom is 0.516 e. The van der Waals surface area contributed by atoms with Crippen LogP contribution in [0.15, 0.2) is 12.4 Å². The Kier molecular flexibility index (Phi) is 2.55. The first-order chi connectivity index (χ1) is 7.32. The van der Waals surface area contributed by atoms with Crippen LogP contribution < -0.4 is 5.59 Å². The van der Waals surface area contributed by atoms with E-state index in [9.17, 15) is 0 Å². The predicted molar refractivity (Wildman–Crippen MR) is 62.5 cm³/mol. The maximum absolute atomic E-state index is 5.88. The molecule has 0 aliphatic carbocycles. The van der Waals surface area contributed by atoms with Crippen molar-refractivity contribution in [3.8, 4) is 0 Å². The zero-order chi connectivity index (χ0) is 12.0. The first-order valence-corrected chi connectivity index (χ1v) is 5.46. The number of hydrogen-bond donors (Lipinski definition) is 0. The van der Waals surface area contributed by atoms with E-state index in [1.807, 2.05) is 34.6 Å². The number of aromatic nitrogens is 2. The zero-order valence-electron chi connectivity index (χ0n) is 10.4. The Labute approximate surface area is 96.5 Å². The molecule has 1 aliphatic rings. The lowest BCUT2D eigenvalue weighted by Crippen LogP contribution is -2.41. The minimum Gasteiger partial charge on any atom is -0.398 e. The highest BCUT2D eigenvalue weighted by atomic mass is 16.7. The van der Waals surface area contributed by atoms with Gasteiger partial charge < -0.3 is 9.31 Å². The molecule has 1 aromatic rings.